The molecule has 3 heteroatoms. The zero-order chi connectivity index (χ0) is 12.7. The Morgan fingerprint density at radius 1 is 1.21 bits per heavy atom. The molecule has 1 aliphatic carbocycles. The number of ether oxygens (including phenoxy) is 1. The van der Waals surface area contributed by atoms with Gasteiger partial charge in [0.1, 0.15) is 0 Å². The minimum absolute atomic E-state index is 0.477. The summed E-state index contributed by atoms with van der Waals surface area (Å²) < 4.78 is 7.28. The lowest BCUT2D eigenvalue weighted by atomic mass is 10.1. The molecule has 2 atom stereocenters. The van der Waals surface area contributed by atoms with Crippen molar-refractivity contribution in [3.8, 4) is 0 Å². The van der Waals surface area contributed by atoms with Gasteiger partial charge in [0.15, 0.2) is 0 Å². The molecular weight excluding hydrogens is 254 g/mol. The molecule has 0 bridgehead atoms. The fourth-order valence-electron chi connectivity index (χ4n) is 3.13. The number of fused-ring (bicyclic) bond motifs is 1. The van der Waals surface area contributed by atoms with Gasteiger partial charge in [0.25, 0.3) is 0 Å². The minimum atomic E-state index is 0.477. The molecule has 2 fully saturated rings. The minimum Gasteiger partial charge on any atom is -0.376 e. The highest BCUT2D eigenvalue weighted by Gasteiger charge is 2.40. The number of rotatable bonds is 4. The van der Waals surface area contributed by atoms with Crippen LogP contribution in [0.4, 0.5) is 0 Å². The third-order valence-corrected chi connectivity index (χ3v) is 5.35. The summed E-state index contributed by atoms with van der Waals surface area (Å²) in [4.78, 5) is 0. The van der Waals surface area contributed by atoms with Gasteiger partial charge < -0.3 is 10.1 Å². The average Bonchev–Trinajstić information content (AvgIpc) is 3.04. The van der Waals surface area contributed by atoms with Crippen LogP contribution in [0.1, 0.15) is 24.8 Å². The second-order valence-corrected chi connectivity index (χ2v) is 6.62. The van der Waals surface area contributed by atoms with E-state index < -0.39 is 0 Å². The summed E-state index contributed by atoms with van der Waals surface area (Å²) in [5.41, 5.74) is 1.43. The maximum atomic E-state index is 5.89. The topological polar surface area (TPSA) is 21.3 Å². The van der Waals surface area contributed by atoms with Crippen LogP contribution in [0, 0.1) is 5.92 Å². The first kappa shape index (κ1) is 11.9. The van der Waals surface area contributed by atoms with E-state index >= 15 is 0 Å². The summed E-state index contributed by atoms with van der Waals surface area (Å²) in [5, 5.41) is 7.43. The Balaban J connectivity index is 1.46. The molecule has 1 aliphatic heterocycles. The second-order valence-electron chi connectivity index (χ2n) is 5.71. The zero-order valence-corrected chi connectivity index (χ0v) is 11.8. The standard InChI is InChI=1S/C16H19NOS/c1-2-4-15-13(3-1)12(10-19-15)9-17-14-7-8-18-16(14)11-5-6-11/h1-4,10-11,14,16-17H,5-9H2. The first-order valence-electron chi connectivity index (χ1n) is 7.22. The van der Waals surface area contributed by atoms with E-state index in [1.165, 1.54) is 34.9 Å². The van der Waals surface area contributed by atoms with Crippen LogP contribution >= 0.6 is 11.3 Å². The van der Waals surface area contributed by atoms with Crippen LogP contribution < -0.4 is 5.32 Å². The Bertz CT molecular complexity index is 575. The predicted octanol–water partition coefficient (Wildman–Crippen LogP) is 3.56. The van der Waals surface area contributed by atoms with Crippen LogP contribution in [-0.2, 0) is 11.3 Å². The Kier molecular flexibility index (Phi) is 3.06. The third kappa shape index (κ3) is 2.31. The fourth-order valence-corrected chi connectivity index (χ4v) is 4.09. The lowest BCUT2D eigenvalue weighted by Crippen LogP contribution is -2.37. The first-order chi connectivity index (χ1) is 9.42. The molecule has 100 valence electrons. The van der Waals surface area contributed by atoms with E-state index in [0.29, 0.717) is 12.1 Å². The van der Waals surface area contributed by atoms with Gasteiger partial charge in [-0.3, -0.25) is 0 Å². The molecule has 2 aliphatic rings. The van der Waals surface area contributed by atoms with Crippen LogP contribution in [0.5, 0.6) is 0 Å². The van der Waals surface area contributed by atoms with Crippen LogP contribution in [0.3, 0.4) is 0 Å². The van der Waals surface area contributed by atoms with Crippen molar-refractivity contribution in [2.75, 3.05) is 6.61 Å². The molecule has 2 nitrogen and oxygen atoms in total. The molecule has 0 amide bonds. The largest absolute Gasteiger partial charge is 0.376 e. The van der Waals surface area contributed by atoms with E-state index in [0.717, 1.165) is 19.1 Å². The normalized spacial score (nSPS) is 27.2. The summed E-state index contributed by atoms with van der Waals surface area (Å²) in [7, 11) is 0. The molecule has 1 saturated heterocycles. The maximum absolute atomic E-state index is 5.89. The number of hydrogen-bond acceptors (Lipinski definition) is 3. The van der Waals surface area contributed by atoms with Gasteiger partial charge in [0.2, 0.25) is 0 Å². The van der Waals surface area contributed by atoms with Gasteiger partial charge in [0.05, 0.1) is 6.10 Å². The Hall–Kier alpha value is -0.900. The monoisotopic (exact) mass is 273 g/mol. The van der Waals surface area contributed by atoms with E-state index in [1.54, 1.807) is 0 Å². The van der Waals surface area contributed by atoms with Gasteiger partial charge in [-0.25, -0.2) is 0 Å². The van der Waals surface area contributed by atoms with Crippen molar-refractivity contribution in [1.82, 2.24) is 5.32 Å². The summed E-state index contributed by atoms with van der Waals surface area (Å²) in [5.74, 6) is 0.833. The van der Waals surface area contributed by atoms with Crippen LogP contribution in [-0.4, -0.2) is 18.8 Å². The molecule has 0 radical (unpaired) electrons. The average molecular weight is 273 g/mol. The van der Waals surface area contributed by atoms with Crippen molar-refractivity contribution in [1.29, 1.82) is 0 Å². The molecule has 1 N–H and O–H groups in total. The van der Waals surface area contributed by atoms with Gasteiger partial charge in [-0.2, -0.15) is 0 Å². The highest BCUT2D eigenvalue weighted by Crippen LogP contribution is 2.39. The zero-order valence-electron chi connectivity index (χ0n) is 11.0. The van der Waals surface area contributed by atoms with E-state index in [9.17, 15) is 0 Å². The molecular formula is C16H19NOS. The predicted molar refractivity (Wildman–Crippen MR) is 79.5 cm³/mol. The van der Waals surface area contributed by atoms with Gasteiger partial charge in [0, 0.05) is 23.9 Å². The first-order valence-corrected chi connectivity index (χ1v) is 8.10. The smallest absolute Gasteiger partial charge is 0.0757 e. The SMILES string of the molecule is c1ccc2c(CNC3CCOC3C3CC3)csc2c1. The summed E-state index contributed by atoms with van der Waals surface area (Å²) in [6, 6.07) is 9.24. The molecule has 4 rings (SSSR count). The molecule has 2 unspecified atom stereocenters. The number of benzene rings is 1. The Labute approximate surface area is 117 Å². The highest BCUT2D eigenvalue weighted by atomic mass is 32.1. The van der Waals surface area contributed by atoms with Gasteiger partial charge >= 0.3 is 0 Å². The Morgan fingerprint density at radius 2 is 2.11 bits per heavy atom. The number of nitrogens with one attached hydrogen (secondary N) is 1. The molecule has 1 aromatic carbocycles. The van der Waals surface area contributed by atoms with E-state index in [4.69, 9.17) is 4.74 Å². The van der Waals surface area contributed by atoms with Gasteiger partial charge in [-0.15, -0.1) is 11.3 Å². The van der Waals surface area contributed by atoms with Crippen molar-refractivity contribution in [3.63, 3.8) is 0 Å². The van der Waals surface area contributed by atoms with Crippen molar-refractivity contribution in [2.45, 2.75) is 38.0 Å². The van der Waals surface area contributed by atoms with Gasteiger partial charge in [-0.1, -0.05) is 18.2 Å². The Morgan fingerprint density at radius 3 is 3.00 bits per heavy atom. The summed E-state index contributed by atoms with van der Waals surface area (Å²) >= 11 is 1.84. The lowest BCUT2D eigenvalue weighted by molar-refractivity contribution is 0.0809. The molecule has 1 saturated carbocycles. The van der Waals surface area contributed by atoms with Crippen molar-refractivity contribution in [3.05, 3.63) is 35.2 Å². The molecule has 2 aromatic rings. The van der Waals surface area contributed by atoms with Crippen molar-refractivity contribution >= 4 is 21.4 Å². The number of thiophene rings is 1. The summed E-state index contributed by atoms with van der Waals surface area (Å²) in [6.07, 6.45) is 4.38. The molecule has 0 spiro atoms. The fraction of sp³-hybridized carbons (Fsp3) is 0.500. The maximum Gasteiger partial charge on any atom is 0.0757 e. The highest BCUT2D eigenvalue weighted by molar-refractivity contribution is 7.17. The summed E-state index contributed by atoms with van der Waals surface area (Å²) in [6.45, 7) is 1.91. The van der Waals surface area contributed by atoms with Gasteiger partial charge in [-0.05, 0) is 47.6 Å². The van der Waals surface area contributed by atoms with E-state index in [-0.39, 0.29) is 0 Å². The quantitative estimate of drug-likeness (QED) is 0.919. The van der Waals surface area contributed by atoms with Crippen molar-refractivity contribution in [2.24, 2.45) is 5.92 Å². The second kappa shape index (κ2) is 4.89. The molecule has 19 heavy (non-hydrogen) atoms. The number of hydrogen-bond donors (Lipinski definition) is 1. The van der Waals surface area contributed by atoms with Crippen LogP contribution in [0.2, 0.25) is 0 Å². The lowest BCUT2D eigenvalue weighted by Gasteiger charge is -2.19. The van der Waals surface area contributed by atoms with E-state index in [2.05, 4.69) is 35.0 Å². The van der Waals surface area contributed by atoms with Crippen molar-refractivity contribution < 1.29 is 4.74 Å². The molecule has 1 aromatic heterocycles. The van der Waals surface area contributed by atoms with Crippen LogP contribution in [0.15, 0.2) is 29.6 Å². The third-order valence-electron chi connectivity index (χ3n) is 4.34. The van der Waals surface area contributed by atoms with Crippen LogP contribution in [0.25, 0.3) is 10.1 Å². The molecule has 2 heterocycles. The van der Waals surface area contributed by atoms with E-state index in [1.807, 2.05) is 11.3 Å².